The first-order chi connectivity index (χ1) is 9.24. The smallest absolute Gasteiger partial charge is 0.251 e. The molecule has 2 heterocycles. The molecule has 0 bridgehead atoms. The van der Waals surface area contributed by atoms with E-state index in [0.29, 0.717) is 22.1 Å². The zero-order valence-corrected chi connectivity index (χ0v) is 12.4. The van der Waals surface area contributed by atoms with Crippen molar-refractivity contribution in [2.45, 2.75) is 18.9 Å². The van der Waals surface area contributed by atoms with Crippen LogP contribution in [0.2, 0.25) is 5.02 Å². The third kappa shape index (κ3) is 3.11. The molecule has 20 heavy (non-hydrogen) atoms. The number of halogens is 2. The van der Waals surface area contributed by atoms with Gasteiger partial charge in [0.15, 0.2) is 11.5 Å². The molecule has 2 aliphatic heterocycles. The second kappa shape index (κ2) is 6.52. The SMILES string of the molecule is Cl.O=C(NC1CCCNC1)c1cc(Cl)c2c(c1)OCO2. The highest BCUT2D eigenvalue weighted by atomic mass is 35.5. The molecule has 110 valence electrons. The number of fused-ring (bicyclic) bond motifs is 1. The molecule has 1 aromatic carbocycles. The average molecular weight is 319 g/mol. The number of piperidine rings is 1. The molecule has 1 amide bonds. The lowest BCUT2D eigenvalue weighted by molar-refractivity contribution is 0.0930. The van der Waals surface area contributed by atoms with E-state index in [1.165, 1.54) is 0 Å². The van der Waals surface area contributed by atoms with Crippen LogP contribution in [0.1, 0.15) is 23.2 Å². The lowest BCUT2D eigenvalue weighted by Crippen LogP contribution is -2.45. The van der Waals surface area contributed by atoms with Crippen molar-refractivity contribution in [3.63, 3.8) is 0 Å². The van der Waals surface area contributed by atoms with Crippen LogP contribution in [0.15, 0.2) is 12.1 Å². The summed E-state index contributed by atoms with van der Waals surface area (Å²) < 4.78 is 10.5. The Balaban J connectivity index is 0.00000147. The summed E-state index contributed by atoms with van der Waals surface area (Å²) in [5, 5.41) is 6.66. The van der Waals surface area contributed by atoms with E-state index in [1.807, 2.05) is 0 Å². The van der Waals surface area contributed by atoms with Gasteiger partial charge in [-0.2, -0.15) is 0 Å². The van der Waals surface area contributed by atoms with Crippen LogP contribution >= 0.6 is 24.0 Å². The summed E-state index contributed by atoms with van der Waals surface area (Å²) in [5.74, 6) is 0.908. The van der Waals surface area contributed by atoms with Gasteiger partial charge in [-0.3, -0.25) is 4.79 Å². The first kappa shape index (κ1) is 15.2. The second-order valence-electron chi connectivity index (χ2n) is 4.71. The zero-order valence-electron chi connectivity index (χ0n) is 10.8. The Morgan fingerprint density at radius 2 is 2.25 bits per heavy atom. The van der Waals surface area contributed by atoms with Gasteiger partial charge in [-0.05, 0) is 31.5 Å². The Hall–Kier alpha value is -1.17. The van der Waals surface area contributed by atoms with Gasteiger partial charge >= 0.3 is 0 Å². The normalized spacial score (nSPS) is 20.1. The average Bonchev–Trinajstić information content (AvgIpc) is 2.88. The maximum atomic E-state index is 12.2. The van der Waals surface area contributed by atoms with Crippen LogP contribution in [0.3, 0.4) is 0 Å². The Morgan fingerprint density at radius 3 is 3.00 bits per heavy atom. The first-order valence-electron chi connectivity index (χ1n) is 6.35. The molecule has 0 aliphatic carbocycles. The number of hydrogen-bond acceptors (Lipinski definition) is 4. The standard InChI is InChI=1S/C13H15ClN2O3.ClH/c14-10-4-8(5-11-12(10)19-7-18-11)13(17)16-9-2-1-3-15-6-9;/h4-5,9,15H,1-3,6-7H2,(H,16,17);1H. The number of amides is 1. The van der Waals surface area contributed by atoms with Crippen LogP contribution in [0.5, 0.6) is 11.5 Å². The van der Waals surface area contributed by atoms with Crippen molar-refractivity contribution in [1.29, 1.82) is 0 Å². The molecule has 2 aliphatic rings. The van der Waals surface area contributed by atoms with Crippen LogP contribution in [-0.2, 0) is 0 Å². The monoisotopic (exact) mass is 318 g/mol. The van der Waals surface area contributed by atoms with Gasteiger partial charge in [0.05, 0.1) is 5.02 Å². The van der Waals surface area contributed by atoms with Crippen molar-refractivity contribution in [2.75, 3.05) is 19.9 Å². The van der Waals surface area contributed by atoms with Crippen molar-refractivity contribution in [3.8, 4) is 11.5 Å². The number of hydrogen-bond donors (Lipinski definition) is 2. The molecule has 7 heteroatoms. The second-order valence-corrected chi connectivity index (χ2v) is 5.12. The minimum Gasteiger partial charge on any atom is -0.454 e. The molecule has 0 radical (unpaired) electrons. The summed E-state index contributed by atoms with van der Waals surface area (Å²) in [4.78, 5) is 12.2. The molecule has 1 atom stereocenters. The molecule has 5 nitrogen and oxygen atoms in total. The quantitative estimate of drug-likeness (QED) is 0.875. The molecule has 0 saturated carbocycles. The summed E-state index contributed by atoms with van der Waals surface area (Å²) in [5.41, 5.74) is 0.500. The van der Waals surface area contributed by atoms with Gasteiger partial charge in [-0.25, -0.2) is 0 Å². The molecule has 1 fully saturated rings. The largest absolute Gasteiger partial charge is 0.454 e. The number of ether oxygens (including phenoxy) is 2. The van der Waals surface area contributed by atoms with Crippen molar-refractivity contribution in [1.82, 2.24) is 10.6 Å². The van der Waals surface area contributed by atoms with E-state index in [9.17, 15) is 4.79 Å². The van der Waals surface area contributed by atoms with Crippen LogP contribution in [0, 0.1) is 0 Å². The number of benzene rings is 1. The molecule has 0 aromatic heterocycles. The highest BCUT2D eigenvalue weighted by Crippen LogP contribution is 2.39. The van der Waals surface area contributed by atoms with Gasteiger partial charge in [0.1, 0.15) is 0 Å². The maximum Gasteiger partial charge on any atom is 0.251 e. The van der Waals surface area contributed by atoms with Crippen LogP contribution < -0.4 is 20.1 Å². The van der Waals surface area contributed by atoms with Crippen LogP contribution in [0.4, 0.5) is 0 Å². The third-order valence-electron chi connectivity index (χ3n) is 3.32. The van der Waals surface area contributed by atoms with E-state index < -0.39 is 0 Å². The maximum absolute atomic E-state index is 12.2. The molecule has 3 rings (SSSR count). The summed E-state index contributed by atoms with van der Waals surface area (Å²) in [6.07, 6.45) is 2.07. The molecule has 1 saturated heterocycles. The fourth-order valence-corrected chi connectivity index (χ4v) is 2.61. The first-order valence-corrected chi connectivity index (χ1v) is 6.72. The van der Waals surface area contributed by atoms with E-state index in [-0.39, 0.29) is 31.1 Å². The molecule has 1 unspecified atom stereocenters. The molecule has 2 N–H and O–H groups in total. The minimum atomic E-state index is -0.131. The van der Waals surface area contributed by atoms with E-state index in [0.717, 1.165) is 25.9 Å². The topological polar surface area (TPSA) is 59.6 Å². The minimum absolute atomic E-state index is 0. The number of nitrogens with one attached hydrogen (secondary N) is 2. The predicted molar refractivity (Wildman–Crippen MR) is 78.2 cm³/mol. The summed E-state index contributed by atoms with van der Waals surface area (Å²) in [7, 11) is 0. The fraction of sp³-hybridized carbons (Fsp3) is 0.462. The van der Waals surface area contributed by atoms with Gasteiger partial charge in [-0.15, -0.1) is 12.4 Å². The van der Waals surface area contributed by atoms with Crippen molar-refractivity contribution in [3.05, 3.63) is 22.7 Å². The molecular formula is C13H16Cl2N2O3. The predicted octanol–water partition coefficient (Wildman–Crippen LogP) is 1.97. The van der Waals surface area contributed by atoms with Gasteiger partial charge in [0, 0.05) is 18.2 Å². The number of carbonyl (C=O) groups is 1. The lowest BCUT2D eigenvalue weighted by Gasteiger charge is -2.23. The van der Waals surface area contributed by atoms with Crippen LogP contribution in [0.25, 0.3) is 0 Å². The number of rotatable bonds is 2. The zero-order chi connectivity index (χ0) is 13.2. The summed E-state index contributed by atoms with van der Waals surface area (Å²) >= 11 is 6.06. The van der Waals surface area contributed by atoms with E-state index in [2.05, 4.69) is 10.6 Å². The van der Waals surface area contributed by atoms with Gasteiger partial charge < -0.3 is 20.1 Å². The van der Waals surface area contributed by atoms with E-state index in [1.54, 1.807) is 12.1 Å². The highest BCUT2D eigenvalue weighted by Gasteiger charge is 2.22. The summed E-state index contributed by atoms with van der Waals surface area (Å²) in [6, 6.07) is 3.45. The lowest BCUT2D eigenvalue weighted by atomic mass is 10.1. The highest BCUT2D eigenvalue weighted by molar-refractivity contribution is 6.32. The third-order valence-corrected chi connectivity index (χ3v) is 3.60. The van der Waals surface area contributed by atoms with E-state index in [4.69, 9.17) is 21.1 Å². The summed E-state index contributed by atoms with van der Waals surface area (Å²) in [6.45, 7) is 1.97. The molecular weight excluding hydrogens is 303 g/mol. The Morgan fingerprint density at radius 1 is 1.40 bits per heavy atom. The molecule has 1 aromatic rings. The van der Waals surface area contributed by atoms with Crippen molar-refractivity contribution < 1.29 is 14.3 Å². The Kier molecular flexibility index (Phi) is 4.96. The van der Waals surface area contributed by atoms with Gasteiger partial charge in [0.25, 0.3) is 5.91 Å². The molecule has 0 spiro atoms. The van der Waals surface area contributed by atoms with Crippen molar-refractivity contribution >= 4 is 29.9 Å². The number of carbonyl (C=O) groups excluding carboxylic acids is 1. The van der Waals surface area contributed by atoms with Crippen LogP contribution in [-0.4, -0.2) is 31.8 Å². The fourth-order valence-electron chi connectivity index (χ4n) is 2.34. The van der Waals surface area contributed by atoms with Crippen molar-refractivity contribution in [2.24, 2.45) is 0 Å². The Labute approximate surface area is 128 Å². The van der Waals surface area contributed by atoms with Gasteiger partial charge in [0.2, 0.25) is 6.79 Å². The van der Waals surface area contributed by atoms with Gasteiger partial charge in [-0.1, -0.05) is 11.6 Å². The Bertz CT molecular complexity index is 505. The van der Waals surface area contributed by atoms with E-state index >= 15 is 0 Å².